The summed E-state index contributed by atoms with van der Waals surface area (Å²) in [6, 6.07) is 0. The SMILES string of the molecule is NCCOCCOCCOCCOCCOCCOCCOCCOCCNC(=O)OC1CCC=CCCC1. The summed E-state index contributed by atoms with van der Waals surface area (Å²) >= 11 is 0. The first-order chi connectivity index (χ1) is 19.3. The van der Waals surface area contributed by atoms with Crippen molar-refractivity contribution in [1.82, 2.24) is 5.32 Å². The molecule has 0 bridgehead atoms. The normalized spacial score (nSPS) is 15.7. The highest BCUT2D eigenvalue weighted by Crippen LogP contribution is 2.15. The molecule has 1 amide bonds. The molecular weight excluding hydrogens is 512 g/mol. The van der Waals surface area contributed by atoms with Gasteiger partial charge in [-0.15, -0.1) is 0 Å². The molecule has 0 saturated carbocycles. The van der Waals surface area contributed by atoms with Gasteiger partial charge in [0.25, 0.3) is 0 Å². The number of allylic oxidation sites excluding steroid dienone is 2. The maximum atomic E-state index is 11.9. The molecule has 0 aromatic rings. The highest BCUT2D eigenvalue weighted by Gasteiger charge is 2.14. The van der Waals surface area contributed by atoms with E-state index in [9.17, 15) is 4.79 Å². The van der Waals surface area contributed by atoms with E-state index in [0.717, 1.165) is 32.1 Å². The summed E-state index contributed by atoms with van der Waals surface area (Å²) < 4.78 is 48.7. The number of nitrogens with one attached hydrogen (secondary N) is 1. The molecule has 1 unspecified atom stereocenters. The summed E-state index contributed by atoms with van der Waals surface area (Å²) in [6.07, 6.45) is 8.84. The monoisotopic (exact) mass is 564 g/mol. The largest absolute Gasteiger partial charge is 0.446 e. The van der Waals surface area contributed by atoms with E-state index in [1.807, 2.05) is 0 Å². The maximum absolute atomic E-state index is 11.9. The lowest BCUT2D eigenvalue weighted by atomic mass is 10.0. The van der Waals surface area contributed by atoms with Crippen molar-refractivity contribution in [3.8, 4) is 0 Å². The summed E-state index contributed by atoms with van der Waals surface area (Å²) in [5.74, 6) is 0. The van der Waals surface area contributed by atoms with Crippen LogP contribution in [-0.2, 0) is 42.6 Å². The Morgan fingerprint density at radius 3 is 1.46 bits per heavy atom. The van der Waals surface area contributed by atoms with E-state index in [-0.39, 0.29) is 12.2 Å². The third-order valence-corrected chi connectivity index (χ3v) is 5.37. The van der Waals surface area contributed by atoms with Crippen LogP contribution in [0.15, 0.2) is 12.2 Å². The molecule has 1 rings (SSSR count). The van der Waals surface area contributed by atoms with Crippen LogP contribution in [0.1, 0.15) is 32.1 Å². The fourth-order valence-electron chi connectivity index (χ4n) is 3.39. The minimum absolute atomic E-state index is 0.00166. The van der Waals surface area contributed by atoms with Gasteiger partial charge in [-0.25, -0.2) is 4.79 Å². The van der Waals surface area contributed by atoms with Gasteiger partial charge in [0.15, 0.2) is 0 Å². The van der Waals surface area contributed by atoms with Gasteiger partial charge in [-0.3, -0.25) is 0 Å². The number of amides is 1. The van der Waals surface area contributed by atoms with Crippen molar-refractivity contribution in [1.29, 1.82) is 0 Å². The lowest BCUT2D eigenvalue weighted by Crippen LogP contribution is -2.31. The van der Waals surface area contributed by atoms with Gasteiger partial charge in [-0.2, -0.15) is 0 Å². The number of rotatable bonds is 27. The van der Waals surface area contributed by atoms with E-state index in [0.29, 0.717) is 119 Å². The fourth-order valence-corrected chi connectivity index (χ4v) is 3.39. The quantitative estimate of drug-likeness (QED) is 0.111. The van der Waals surface area contributed by atoms with Crippen LogP contribution in [-0.4, -0.2) is 131 Å². The Kier molecular flexibility index (Phi) is 27.1. The van der Waals surface area contributed by atoms with Gasteiger partial charge in [-0.1, -0.05) is 12.2 Å². The lowest BCUT2D eigenvalue weighted by molar-refractivity contribution is -0.0228. The van der Waals surface area contributed by atoms with Gasteiger partial charge < -0.3 is 53.7 Å². The number of carbonyl (C=O) groups excluding carboxylic acids is 1. The van der Waals surface area contributed by atoms with Crippen molar-refractivity contribution in [2.45, 2.75) is 38.2 Å². The first kappa shape index (κ1) is 35.7. The zero-order valence-corrected chi connectivity index (χ0v) is 23.7. The Hall–Kier alpha value is -1.35. The van der Waals surface area contributed by atoms with Gasteiger partial charge in [-0.05, 0) is 32.1 Å². The minimum Gasteiger partial charge on any atom is -0.446 e. The summed E-state index contributed by atoms with van der Waals surface area (Å²) in [5, 5.41) is 2.73. The molecule has 0 aromatic heterocycles. The highest BCUT2D eigenvalue weighted by atomic mass is 16.6. The van der Waals surface area contributed by atoms with Crippen molar-refractivity contribution in [3.63, 3.8) is 0 Å². The topological polar surface area (TPSA) is 138 Å². The zero-order valence-electron chi connectivity index (χ0n) is 23.7. The average molecular weight is 565 g/mol. The number of alkyl carbamates (subject to hydrolysis) is 1. The molecule has 0 heterocycles. The molecule has 1 aliphatic rings. The molecule has 0 saturated heterocycles. The third-order valence-electron chi connectivity index (χ3n) is 5.37. The van der Waals surface area contributed by atoms with Gasteiger partial charge in [0.2, 0.25) is 0 Å². The Bertz CT molecular complexity index is 557. The molecule has 12 heteroatoms. The first-order valence-electron chi connectivity index (χ1n) is 14.2. The maximum Gasteiger partial charge on any atom is 0.407 e. The number of nitrogens with two attached hydrogens (primary N) is 1. The molecular formula is C27H52N2O10. The van der Waals surface area contributed by atoms with E-state index in [1.54, 1.807) is 0 Å². The van der Waals surface area contributed by atoms with Crippen LogP contribution in [0.4, 0.5) is 4.79 Å². The molecule has 1 aliphatic carbocycles. The predicted molar refractivity (Wildman–Crippen MR) is 146 cm³/mol. The summed E-state index contributed by atoms with van der Waals surface area (Å²) in [6.45, 7) is 9.02. The van der Waals surface area contributed by atoms with Crippen molar-refractivity contribution in [3.05, 3.63) is 12.2 Å². The summed E-state index contributed by atoms with van der Waals surface area (Å²) in [4.78, 5) is 11.9. The van der Waals surface area contributed by atoms with Crippen molar-refractivity contribution in [2.75, 3.05) is 119 Å². The first-order valence-corrected chi connectivity index (χ1v) is 14.2. The Morgan fingerprint density at radius 2 is 1.00 bits per heavy atom. The van der Waals surface area contributed by atoms with Crippen LogP contribution in [0.2, 0.25) is 0 Å². The molecule has 0 aliphatic heterocycles. The van der Waals surface area contributed by atoms with E-state index < -0.39 is 0 Å². The van der Waals surface area contributed by atoms with Crippen molar-refractivity contribution in [2.24, 2.45) is 5.73 Å². The summed E-state index contributed by atoms with van der Waals surface area (Å²) in [7, 11) is 0. The second kappa shape index (κ2) is 29.6. The minimum atomic E-state index is -0.373. The van der Waals surface area contributed by atoms with Crippen molar-refractivity contribution >= 4 is 6.09 Å². The molecule has 0 fully saturated rings. The van der Waals surface area contributed by atoms with Gasteiger partial charge >= 0.3 is 6.09 Å². The Morgan fingerprint density at radius 1 is 0.590 bits per heavy atom. The highest BCUT2D eigenvalue weighted by molar-refractivity contribution is 5.67. The number of hydrogen-bond donors (Lipinski definition) is 2. The predicted octanol–water partition coefficient (Wildman–Crippen LogP) is 1.69. The number of carbonyl (C=O) groups is 1. The molecule has 1 atom stereocenters. The van der Waals surface area contributed by atoms with Crippen LogP contribution in [0, 0.1) is 0 Å². The van der Waals surface area contributed by atoms with Crippen LogP contribution in [0.25, 0.3) is 0 Å². The van der Waals surface area contributed by atoms with E-state index in [1.165, 1.54) is 0 Å². The third kappa shape index (κ3) is 26.6. The average Bonchev–Trinajstić information content (AvgIpc) is 2.92. The van der Waals surface area contributed by atoms with Gasteiger partial charge in [0.1, 0.15) is 6.10 Å². The fraction of sp³-hybridized carbons (Fsp3) is 0.889. The van der Waals surface area contributed by atoms with E-state index in [4.69, 9.17) is 48.4 Å². The second-order valence-corrected chi connectivity index (χ2v) is 8.62. The summed E-state index contributed by atoms with van der Waals surface area (Å²) in [5.41, 5.74) is 5.32. The molecule has 3 N–H and O–H groups in total. The van der Waals surface area contributed by atoms with Crippen LogP contribution in [0.3, 0.4) is 0 Å². The molecule has 0 radical (unpaired) electrons. The molecule has 12 nitrogen and oxygen atoms in total. The van der Waals surface area contributed by atoms with Crippen LogP contribution >= 0.6 is 0 Å². The number of ether oxygens (including phenoxy) is 9. The zero-order chi connectivity index (χ0) is 27.9. The Balaban J connectivity index is 1.69. The van der Waals surface area contributed by atoms with E-state index >= 15 is 0 Å². The second-order valence-electron chi connectivity index (χ2n) is 8.62. The van der Waals surface area contributed by atoms with Crippen molar-refractivity contribution < 1.29 is 47.4 Å². The standard InChI is InChI=1S/C27H52N2O10/c28-8-10-31-12-14-33-16-18-35-20-22-37-24-25-38-23-21-36-19-17-34-15-13-32-11-9-29-27(30)39-26-6-4-2-1-3-5-7-26/h1-2,26H,3-25,28H2,(H,29,30). The Labute approximate surface area is 234 Å². The molecule has 230 valence electrons. The smallest absolute Gasteiger partial charge is 0.407 e. The van der Waals surface area contributed by atoms with Gasteiger partial charge in [0, 0.05) is 13.1 Å². The van der Waals surface area contributed by atoms with Gasteiger partial charge in [0.05, 0.1) is 106 Å². The molecule has 39 heavy (non-hydrogen) atoms. The molecule has 0 spiro atoms. The molecule has 0 aromatic carbocycles. The van der Waals surface area contributed by atoms with Crippen LogP contribution in [0.5, 0.6) is 0 Å². The van der Waals surface area contributed by atoms with Crippen LogP contribution < -0.4 is 11.1 Å². The van der Waals surface area contributed by atoms with E-state index in [2.05, 4.69) is 17.5 Å². The lowest BCUT2D eigenvalue weighted by Gasteiger charge is -2.18. The number of hydrogen-bond acceptors (Lipinski definition) is 11.